The third kappa shape index (κ3) is 5.73. The van der Waals surface area contributed by atoms with Gasteiger partial charge in [0.05, 0.1) is 13.1 Å². The SMILES string of the molecule is CCCC1CC(NCC(F)F)CN(CC(=O)O)C1. The van der Waals surface area contributed by atoms with E-state index in [1.807, 2.05) is 4.90 Å². The van der Waals surface area contributed by atoms with Crippen LogP contribution >= 0.6 is 0 Å². The average molecular weight is 264 g/mol. The summed E-state index contributed by atoms with van der Waals surface area (Å²) >= 11 is 0. The minimum Gasteiger partial charge on any atom is -0.480 e. The summed E-state index contributed by atoms with van der Waals surface area (Å²) in [6.45, 7) is 3.06. The Hall–Kier alpha value is -0.750. The number of piperidine rings is 1. The highest BCUT2D eigenvalue weighted by Crippen LogP contribution is 2.21. The summed E-state index contributed by atoms with van der Waals surface area (Å²) in [4.78, 5) is 12.6. The molecule has 0 spiro atoms. The number of hydrogen-bond donors (Lipinski definition) is 2. The molecule has 0 saturated carbocycles. The highest BCUT2D eigenvalue weighted by atomic mass is 19.3. The molecule has 2 atom stereocenters. The first-order valence-electron chi connectivity index (χ1n) is 6.47. The van der Waals surface area contributed by atoms with Gasteiger partial charge >= 0.3 is 5.97 Å². The average Bonchev–Trinajstić information content (AvgIpc) is 2.25. The predicted molar refractivity (Wildman–Crippen MR) is 64.9 cm³/mol. The molecular formula is C12H22F2N2O2. The second-order valence-electron chi connectivity index (χ2n) is 4.97. The maximum atomic E-state index is 12.2. The van der Waals surface area contributed by atoms with Gasteiger partial charge in [-0.1, -0.05) is 13.3 Å². The third-order valence-corrected chi connectivity index (χ3v) is 3.23. The molecule has 1 rings (SSSR count). The van der Waals surface area contributed by atoms with Crippen LogP contribution in [0.4, 0.5) is 8.78 Å². The maximum Gasteiger partial charge on any atom is 0.317 e. The lowest BCUT2D eigenvalue weighted by atomic mass is 9.90. The molecule has 1 aliphatic rings. The smallest absolute Gasteiger partial charge is 0.317 e. The molecule has 0 aromatic heterocycles. The fourth-order valence-electron chi connectivity index (χ4n) is 2.64. The van der Waals surface area contributed by atoms with Crippen molar-refractivity contribution in [2.24, 2.45) is 5.92 Å². The van der Waals surface area contributed by atoms with Gasteiger partial charge in [0.25, 0.3) is 6.43 Å². The van der Waals surface area contributed by atoms with Crippen molar-refractivity contribution >= 4 is 5.97 Å². The van der Waals surface area contributed by atoms with Gasteiger partial charge in [0.1, 0.15) is 0 Å². The van der Waals surface area contributed by atoms with Crippen LogP contribution in [0.15, 0.2) is 0 Å². The van der Waals surface area contributed by atoms with E-state index in [0.29, 0.717) is 12.5 Å². The molecule has 0 aromatic rings. The fourth-order valence-corrected chi connectivity index (χ4v) is 2.64. The number of halogens is 2. The zero-order chi connectivity index (χ0) is 13.5. The van der Waals surface area contributed by atoms with Crippen LogP contribution in [0.3, 0.4) is 0 Å². The molecule has 0 bridgehead atoms. The molecule has 1 aliphatic heterocycles. The van der Waals surface area contributed by atoms with Crippen LogP contribution in [-0.2, 0) is 4.79 Å². The van der Waals surface area contributed by atoms with Crippen molar-refractivity contribution in [1.29, 1.82) is 0 Å². The second kappa shape index (κ2) is 7.63. The summed E-state index contributed by atoms with van der Waals surface area (Å²) < 4.78 is 24.3. The lowest BCUT2D eigenvalue weighted by Gasteiger charge is -2.37. The molecular weight excluding hydrogens is 242 g/mol. The molecule has 2 N–H and O–H groups in total. The first kappa shape index (κ1) is 15.3. The van der Waals surface area contributed by atoms with E-state index < -0.39 is 12.4 Å². The molecule has 6 heteroatoms. The normalized spacial score (nSPS) is 25.6. The van der Waals surface area contributed by atoms with Gasteiger partial charge in [0.2, 0.25) is 0 Å². The number of carboxylic acids is 1. The van der Waals surface area contributed by atoms with Gasteiger partial charge in [-0.2, -0.15) is 0 Å². The zero-order valence-electron chi connectivity index (χ0n) is 10.7. The van der Waals surface area contributed by atoms with Crippen molar-refractivity contribution in [2.75, 3.05) is 26.2 Å². The van der Waals surface area contributed by atoms with E-state index >= 15 is 0 Å². The molecule has 1 saturated heterocycles. The number of carbonyl (C=O) groups is 1. The van der Waals surface area contributed by atoms with Gasteiger partial charge in [0.15, 0.2) is 0 Å². The van der Waals surface area contributed by atoms with Gasteiger partial charge in [-0.3, -0.25) is 9.69 Å². The topological polar surface area (TPSA) is 52.6 Å². The largest absolute Gasteiger partial charge is 0.480 e. The number of alkyl halides is 2. The molecule has 1 heterocycles. The lowest BCUT2D eigenvalue weighted by molar-refractivity contribution is -0.138. The first-order valence-corrected chi connectivity index (χ1v) is 6.47. The van der Waals surface area contributed by atoms with Gasteiger partial charge in [0, 0.05) is 19.1 Å². The van der Waals surface area contributed by atoms with E-state index in [-0.39, 0.29) is 19.1 Å². The van der Waals surface area contributed by atoms with Gasteiger partial charge in [-0.15, -0.1) is 0 Å². The number of hydrogen-bond acceptors (Lipinski definition) is 3. The molecule has 2 unspecified atom stereocenters. The Morgan fingerprint density at radius 1 is 1.50 bits per heavy atom. The van der Waals surface area contributed by atoms with Crippen LogP contribution in [0.25, 0.3) is 0 Å². The van der Waals surface area contributed by atoms with Crippen LogP contribution in [0.2, 0.25) is 0 Å². The van der Waals surface area contributed by atoms with Crippen LogP contribution in [-0.4, -0.2) is 54.6 Å². The number of aliphatic carboxylic acids is 1. The quantitative estimate of drug-likeness (QED) is 0.730. The summed E-state index contributed by atoms with van der Waals surface area (Å²) in [6, 6.07) is -0.0244. The summed E-state index contributed by atoms with van der Waals surface area (Å²) in [5.41, 5.74) is 0. The molecule has 4 nitrogen and oxygen atoms in total. The van der Waals surface area contributed by atoms with E-state index in [2.05, 4.69) is 12.2 Å². The molecule has 0 radical (unpaired) electrons. The predicted octanol–water partition coefficient (Wildman–Crippen LogP) is 1.42. The van der Waals surface area contributed by atoms with E-state index in [0.717, 1.165) is 25.8 Å². The molecule has 106 valence electrons. The maximum absolute atomic E-state index is 12.2. The Balaban J connectivity index is 2.47. The molecule has 0 amide bonds. The van der Waals surface area contributed by atoms with Crippen molar-refractivity contribution in [2.45, 2.75) is 38.7 Å². The first-order chi connectivity index (χ1) is 8.51. The third-order valence-electron chi connectivity index (χ3n) is 3.23. The van der Waals surface area contributed by atoms with E-state index in [4.69, 9.17) is 5.11 Å². The summed E-state index contributed by atoms with van der Waals surface area (Å²) in [5, 5.41) is 11.6. The minimum absolute atomic E-state index is 0.00687. The Labute approximate surface area is 106 Å². The van der Waals surface area contributed by atoms with E-state index in [9.17, 15) is 13.6 Å². The minimum atomic E-state index is -2.36. The second-order valence-corrected chi connectivity index (χ2v) is 4.97. The standard InChI is InChI=1S/C12H22F2N2O2/c1-2-3-9-4-10(15-5-11(13)14)7-16(6-9)8-12(17)18/h9-11,15H,2-8H2,1H3,(H,17,18). The number of likely N-dealkylation sites (tertiary alicyclic amines) is 1. The van der Waals surface area contributed by atoms with Gasteiger partial charge < -0.3 is 10.4 Å². The summed E-state index contributed by atoms with van der Waals surface area (Å²) in [6.07, 6.45) is 0.553. The number of carboxylic acid groups (broad SMARTS) is 1. The molecule has 0 aromatic carbocycles. The summed E-state index contributed by atoms with van der Waals surface area (Å²) in [7, 11) is 0. The molecule has 1 fully saturated rings. The lowest BCUT2D eigenvalue weighted by Crippen LogP contribution is -2.51. The Bertz CT molecular complexity index is 264. The highest BCUT2D eigenvalue weighted by Gasteiger charge is 2.27. The van der Waals surface area contributed by atoms with Crippen LogP contribution in [0, 0.1) is 5.92 Å². The highest BCUT2D eigenvalue weighted by molar-refractivity contribution is 5.69. The summed E-state index contributed by atoms with van der Waals surface area (Å²) in [5.74, 6) is -0.460. The van der Waals surface area contributed by atoms with Crippen molar-refractivity contribution in [3.63, 3.8) is 0 Å². The van der Waals surface area contributed by atoms with Crippen molar-refractivity contribution < 1.29 is 18.7 Å². The monoisotopic (exact) mass is 264 g/mol. The fraction of sp³-hybridized carbons (Fsp3) is 0.917. The van der Waals surface area contributed by atoms with E-state index in [1.165, 1.54) is 0 Å². The Kier molecular flexibility index (Phi) is 6.49. The van der Waals surface area contributed by atoms with Crippen molar-refractivity contribution in [1.82, 2.24) is 10.2 Å². The number of nitrogens with one attached hydrogen (secondary N) is 1. The Morgan fingerprint density at radius 2 is 2.22 bits per heavy atom. The van der Waals surface area contributed by atoms with Gasteiger partial charge in [-0.05, 0) is 18.8 Å². The zero-order valence-corrected chi connectivity index (χ0v) is 10.7. The Morgan fingerprint density at radius 3 is 2.78 bits per heavy atom. The molecule has 18 heavy (non-hydrogen) atoms. The van der Waals surface area contributed by atoms with Crippen LogP contribution < -0.4 is 5.32 Å². The van der Waals surface area contributed by atoms with Crippen LogP contribution in [0.5, 0.6) is 0 Å². The van der Waals surface area contributed by atoms with Crippen molar-refractivity contribution in [3.8, 4) is 0 Å². The number of nitrogens with zero attached hydrogens (tertiary/aromatic N) is 1. The van der Waals surface area contributed by atoms with E-state index in [1.54, 1.807) is 0 Å². The van der Waals surface area contributed by atoms with Crippen LogP contribution in [0.1, 0.15) is 26.2 Å². The molecule has 0 aliphatic carbocycles. The van der Waals surface area contributed by atoms with Gasteiger partial charge in [-0.25, -0.2) is 8.78 Å². The number of rotatable bonds is 7. The van der Waals surface area contributed by atoms with Crippen molar-refractivity contribution in [3.05, 3.63) is 0 Å².